The van der Waals surface area contributed by atoms with Crippen molar-refractivity contribution in [3.8, 4) is 0 Å². The molecule has 2 N–H and O–H groups in total. The van der Waals surface area contributed by atoms with Crippen LogP contribution in [0.15, 0.2) is 29.2 Å². The van der Waals surface area contributed by atoms with Gasteiger partial charge in [0.15, 0.2) is 0 Å². The molecule has 19 heavy (non-hydrogen) atoms. The quantitative estimate of drug-likeness (QED) is 0.868. The van der Waals surface area contributed by atoms with E-state index in [-0.39, 0.29) is 19.1 Å². The molecule has 0 aliphatic carbocycles. The summed E-state index contributed by atoms with van der Waals surface area (Å²) in [5.74, 6) is -0.382. The van der Waals surface area contributed by atoms with Gasteiger partial charge < -0.3 is 5.11 Å². The van der Waals surface area contributed by atoms with Crippen LogP contribution in [0.3, 0.4) is 0 Å². The van der Waals surface area contributed by atoms with Crippen molar-refractivity contribution >= 4 is 10.0 Å². The van der Waals surface area contributed by atoms with E-state index in [0.29, 0.717) is 6.07 Å². The molecule has 0 spiro atoms. The smallest absolute Gasteiger partial charge is 0.396 e. The maximum absolute atomic E-state index is 12.7. The summed E-state index contributed by atoms with van der Waals surface area (Å²) in [7, 11) is -4.26. The average molecular weight is 297 g/mol. The van der Waals surface area contributed by atoms with Gasteiger partial charge in [-0.05, 0) is 18.1 Å². The molecule has 0 radical (unpaired) electrons. The molecular weight excluding hydrogens is 283 g/mol. The Hall–Kier alpha value is -1.12. The van der Waals surface area contributed by atoms with Crippen LogP contribution in [0.1, 0.15) is 12.5 Å². The molecule has 1 aromatic carbocycles. The Morgan fingerprint density at radius 2 is 1.89 bits per heavy atom. The Labute approximate surface area is 109 Å². The van der Waals surface area contributed by atoms with Crippen molar-refractivity contribution in [1.82, 2.24) is 4.72 Å². The summed E-state index contributed by atoms with van der Waals surface area (Å²) in [4.78, 5) is -0.812. The summed E-state index contributed by atoms with van der Waals surface area (Å²) in [6.07, 6.45) is -4.74. The molecule has 4 nitrogen and oxygen atoms in total. The highest BCUT2D eigenvalue weighted by atomic mass is 32.2. The van der Waals surface area contributed by atoms with Gasteiger partial charge in [0.1, 0.15) is 0 Å². The van der Waals surface area contributed by atoms with Crippen LogP contribution in [0, 0.1) is 5.92 Å². The van der Waals surface area contributed by atoms with Crippen molar-refractivity contribution < 1.29 is 26.7 Å². The van der Waals surface area contributed by atoms with Crippen LogP contribution in [-0.2, 0) is 16.2 Å². The van der Waals surface area contributed by atoms with E-state index in [2.05, 4.69) is 4.72 Å². The molecule has 0 fully saturated rings. The first-order valence-electron chi connectivity index (χ1n) is 5.45. The summed E-state index contributed by atoms with van der Waals surface area (Å²) in [6, 6.07) is 3.95. The number of aliphatic hydroxyl groups excluding tert-OH is 1. The first-order chi connectivity index (χ1) is 8.68. The van der Waals surface area contributed by atoms with Crippen molar-refractivity contribution in [3.63, 3.8) is 0 Å². The first kappa shape index (κ1) is 15.9. The largest absolute Gasteiger partial charge is 0.417 e. The second-order valence-corrected chi connectivity index (χ2v) is 5.87. The van der Waals surface area contributed by atoms with E-state index in [4.69, 9.17) is 5.11 Å². The van der Waals surface area contributed by atoms with Gasteiger partial charge in [-0.2, -0.15) is 13.2 Å². The lowest BCUT2D eigenvalue weighted by Gasteiger charge is -2.15. The Bertz CT molecular complexity index is 528. The Kier molecular flexibility index (Phi) is 4.94. The number of aliphatic hydroxyl groups is 1. The van der Waals surface area contributed by atoms with Crippen LogP contribution in [-0.4, -0.2) is 26.7 Å². The molecule has 0 heterocycles. The van der Waals surface area contributed by atoms with Crippen molar-refractivity contribution in [2.45, 2.75) is 18.0 Å². The van der Waals surface area contributed by atoms with Crippen molar-refractivity contribution in [2.24, 2.45) is 5.92 Å². The number of sulfonamides is 1. The van der Waals surface area contributed by atoms with E-state index in [1.54, 1.807) is 6.92 Å². The summed E-state index contributed by atoms with van der Waals surface area (Å²) < 4.78 is 63.8. The van der Waals surface area contributed by atoms with Gasteiger partial charge in [-0.25, -0.2) is 13.1 Å². The van der Waals surface area contributed by atoms with Gasteiger partial charge in [-0.1, -0.05) is 19.1 Å². The fraction of sp³-hybridized carbons (Fsp3) is 0.455. The minimum atomic E-state index is -4.74. The van der Waals surface area contributed by atoms with E-state index in [9.17, 15) is 21.6 Å². The highest BCUT2D eigenvalue weighted by Crippen LogP contribution is 2.33. The summed E-state index contributed by atoms with van der Waals surface area (Å²) in [6.45, 7) is 1.17. The average Bonchev–Trinajstić information content (AvgIpc) is 2.35. The third kappa shape index (κ3) is 4.19. The lowest BCUT2D eigenvalue weighted by molar-refractivity contribution is -0.139. The molecule has 0 aliphatic heterocycles. The molecule has 8 heteroatoms. The lowest BCUT2D eigenvalue weighted by Crippen LogP contribution is -2.31. The zero-order chi connectivity index (χ0) is 14.7. The molecule has 108 valence electrons. The van der Waals surface area contributed by atoms with Crippen LogP contribution in [0.5, 0.6) is 0 Å². The highest BCUT2D eigenvalue weighted by molar-refractivity contribution is 7.89. The molecule has 1 unspecified atom stereocenters. The number of hydrogen-bond acceptors (Lipinski definition) is 3. The van der Waals surface area contributed by atoms with E-state index in [0.717, 1.165) is 12.1 Å². The Balaban J connectivity index is 3.09. The molecule has 1 atom stereocenters. The molecule has 0 amide bonds. The van der Waals surface area contributed by atoms with Crippen LogP contribution in [0.2, 0.25) is 0 Å². The van der Waals surface area contributed by atoms with E-state index < -0.39 is 26.7 Å². The number of halogens is 3. The van der Waals surface area contributed by atoms with Gasteiger partial charge in [0.25, 0.3) is 0 Å². The number of nitrogens with one attached hydrogen (secondary N) is 1. The molecule has 0 saturated heterocycles. The lowest BCUT2D eigenvalue weighted by atomic mass is 10.2. The number of benzene rings is 1. The van der Waals surface area contributed by atoms with Crippen LogP contribution in [0.25, 0.3) is 0 Å². The zero-order valence-electron chi connectivity index (χ0n) is 10.1. The molecule has 0 aliphatic rings. The van der Waals surface area contributed by atoms with Gasteiger partial charge >= 0.3 is 6.18 Å². The van der Waals surface area contributed by atoms with Crippen molar-refractivity contribution in [3.05, 3.63) is 29.8 Å². The number of alkyl halides is 3. The minimum Gasteiger partial charge on any atom is -0.396 e. The van der Waals surface area contributed by atoms with Crippen molar-refractivity contribution in [2.75, 3.05) is 13.2 Å². The monoisotopic (exact) mass is 297 g/mol. The van der Waals surface area contributed by atoms with Gasteiger partial charge in [-0.15, -0.1) is 0 Å². The maximum Gasteiger partial charge on any atom is 0.417 e. The summed E-state index contributed by atoms with van der Waals surface area (Å²) in [5, 5.41) is 8.77. The molecule has 0 saturated carbocycles. The SMILES string of the molecule is CC(CO)CNS(=O)(=O)c1ccccc1C(F)(F)F. The van der Waals surface area contributed by atoms with Crippen LogP contribution < -0.4 is 4.72 Å². The van der Waals surface area contributed by atoms with E-state index in [1.807, 2.05) is 0 Å². The van der Waals surface area contributed by atoms with Gasteiger partial charge in [0.05, 0.1) is 10.5 Å². The predicted molar refractivity (Wildman–Crippen MR) is 62.9 cm³/mol. The fourth-order valence-corrected chi connectivity index (χ4v) is 2.72. The van der Waals surface area contributed by atoms with Gasteiger partial charge in [0.2, 0.25) is 10.0 Å². The first-order valence-corrected chi connectivity index (χ1v) is 6.93. The standard InChI is InChI=1S/C11H14F3NO3S/c1-8(7-16)6-15-19(17,18)10-5-3-2-4-9(10)11(12,13)14/h2-5,8,15-16H,6-7H2,1H3. The summed E-state index contributed by atoms with van der Waals surface area (Å²) in [5.41, 5.74) is -1.21. The number of rotatable bonds is 5. The maximum atomic E-state index is 12.7. The van der Waals surface area contributed by atoms with E-state index >= 15 is 0 Å². The topological polar surface area (TPSA) is 66.4 Å². The Morgan fingerprint density at radius 3 is 2.42 bits per heavy atom. The van der Waals surface area contributed by atoms with Crippen LogP contribution in [0.4, 0.5) is 13.2 Å². The molecule has 0 bridgehead atoms. The van der Waals surface area contributed by atoms with Crippen LogP contribution >= 0.6 is 0 Å². The number of hydrogen-bond donors (Lipinski definition) is 2. The summed E-state index contributed by atoms with van der Waals surface area (Å²) >= 11 is 0. The highest BCUT2D eigenvalue weighted by Gasteiger charge is 2.36. The second-order valence-electron chi connectivity index (χ2n) is 4.13. The van der Waals surface area contributed by atoms with Crippen molar-refractivity contribution in [1.29, 1.82) is 0 Å². The molecule has 0 aromatic heterocycles. The minimum absolute atomic E-state index is 0.134. The normalized spacial score (nSPS) is 14.4. The predicted octanol–water partition coefficient (Wildman–Crippen LogP) is 1.61. The Morgan fingerprint density at radius 1 is 1.32 bits per heavy atom. The third-order valence-corrected chi connectivity index (χ3v) is 3.90. The van der Waals surface area contributed by atoms with Gasteiger partial charge in [0, 0.05) is 13.2 Å². The molecule has 1 aromatic rings. The zero-order valence-corrected chi connectivity index (χ0v) is 10.9. The fourth-order valence-electron chi connectivity index (χ4n) is 1.33. The molecule has 1 rings (SSSR count). The molecular formula is C11H14F3NO3S. The van der Waals surface area contributed by atoms with E-state index in [1.165, 1.54) is 6.07 Å². The van der Waals surface area contributed by atoms with Gasteiger partial charge in [-0.3, -0.25) is 0 Å². The third-order valence-electron chi connectivity index (χ3n) is 2.42. The second kappa shape index (κ2) is 5.89.